The molecule has 0 amide bonds. The van der Waals surface area contributed by atoms with Gasteiger partial charge in [0.2, 0.25) is 0 Å². The Morgan fingerprint density at radius 1 is 1.29 bits per heavy atom. The van der Waals surface area contributed by atoms with E-state index >= 15 is 0 Å². The molecule has 2 nitrogen and oxygen atoms in total. The maximum absolute atomic E-state index is 11.0. The van der Waals surface area contributed by atoms with E-state index in [2.05, 4.69) is 0 Å². The summed E-state index contributed by atoms with van der Waals surface area (Å²) in [5, 5.41) is -0.392. The molecule has 0 aromatic heterocycles. The fourth-order valence-corrected chi connectivity index (χ4v) is 1.95. The first-order chi connectivity index (χ1) is 6.49. The van der Waals surface area contributed by atoms with Crippen molar-refractivity contribution in [2.75, 3.05) is 7.11 Å². The van der Waals surface area contributed by atoms with Gasteiger partial charge in [-0.15, -0.1) is 0 Å². The van der Waals surface area contributed by atoms with Gasteiger partial charge in [-0.2, -0.15) is 0 Å². The van der Waals surface area contributed by atoms with Crippen molar-refractivity contribution in [1.29, 1.82) is 0 Å². The van der Waals surface area contributed by atoms with Gasteiger partial charge in [-0.25, -0.2) is 0 Å². The lowest BCUT2D eigenvalue weighted by molar-refractivity contribution is 0.107. The molecule has 0 saturated carbocycles. The number of ether oxygens (including phenoxy) is 1. The normalized spacial score (nSPS) is 10.1. The highest BCUT2D eigenvalue weighted by Gasteiger charge is 2.20. The fourth-order valence-electron chi connectivity index (χ4n) is 0.954. The Kier molecular flexibility index (Phi) is 3.90. The number of carbonyl (C=O) groups is 1. The summed E-state index contributed by atoms with van der Waals surface area (Å²) in [6.45, 7) is 0. The molecule has 0 heterocycles. The van der Waals surface area contributed by atoms with Crippen LogP contribution in [0.5, 0.6) is 5.75 Å². The van der Waals surface area contributed by atoms with Gasteiger partial charge < -0.3 is 4.74 Å². The van der Waals surface area contributed by atoms with Crippen LogP contribution in [-0.4, -0.2) is 12.4 Å². The van der Waals surface area contributed by atoms with Crippen LogP contribution in [0.15, 0.2) is 6.07 Å². The SMILES string of the molecule is COc1c(Cl)cc(Cl)c(Cl)c1C(=O)Cl. The number of benzene rings is 1. The van der Waals surface area contributed by atoms with E-state index in [1.54, 1.807) is 0 Å². The topological polar surface area (TPSA) is 26.3 Å². The molecule has 0 spiro atoms. The van der Waals surface area contributed by atoms with Crippen molar-refractivity contribution in [3.8, 4) is 5.75 Å². The summed E-state index contributed by atoms with van der Waals surface area (Å²) < 4.78 is 4.89. The summed E-state index contributed by atoms with van der Waals surface area (Å²) in [5.41, 5.74) is -0.0201. The fraction of sp³-hybridized carbons (Fsp3) is 0.125. The Hall–Kier alpha value is -0.150. The predicted molar refractivity (Wildman–Crippen MR) is 58.2 cm³/mol. The molecule has 1 aromatic rings. The van der Waals surface area contributed by atoms with Crippen LogP contribution in [0, 0.1) is 0 Å². The maximum atomic E-state index is 11.0. The largest absolute Gasteiger partial charge is 0.494 e. The van der Waals surface area contributed by atoms with Crippen LogP contribution in [0.2, 0.25) is 15.1 Å². The molecule has 0 fully saturated rings. The van der Waals surface area contributed by atoms with Crippen LogP contribution in [0.25, 0.3) is 0 Å². The molecule has 6 heteroatoms. The minimum Gasteiger partial charge on any atom is -0.494 e. The molecule has 14 heavy (non-hydrogen) atoms. The Balaban J connectivity index is 3.56. The molecule has 0 atom stereocenters. The lowest BCUT2D eigenvalue weighted by Crippen LogP contribution is -1.98. The van der Waals surface area contributed by atoms with Gasteiger partial charge in [0.25, 0.3) is 5.24 Å². The first-order valence-electron chi connectivity index (χ1n) is 3.40. The van der Waals surface area contributed by atoms with Crippen LogP contribution < -0.4 is 4.74 Å². The minimum absolute atomic E-state index is 0.0201. The van der Waals surface area contributed by atoms with Gasteiger partial charge in [0.1, 0.15) is 0 Å². The number of carbonyl (C=O) groups excluding carboxylic acids is 1. The van der Waals surface area contributed by atoms with E-state index in [9.17, 15) is 4.79 Å². The van der Waals surface area contributed by atoms with Crippen LogP contribution in [0.1, 0.15) is 10.4 Å². The first-order valence-corrected chi connectivity index (χ1v) is 4.91. The summed E-state index contributed by atoms with van der Waals surface area (Å²) in [6.07, 6.45) is 0. The number of rotatable bonds is 2. The molecule has 1 rings (SSSR count). The second-order valence-electron chi connectivity index (χ2n) is 2.34. The van der Waals surface area contributed by atoms with E-state index in [1.165, 1.54) is 13.2 Å². The summed E-state index contributed by atoms with van der Waals surface area (Å²) in [5.74, 6) is 0.126. The lowest BCUT2D eigenvalue weighted by atomic mass is 10.2. The van der Waals surface area contributed by atoms with Crippen molar-refractivity contribution < 1.29 is 9.53 Å². The Bertz CT molecular complexity index is 389. The maximum Gasteiger partial charge on any atom is 0.257 e. The zero-order valence-electron chi connectivity index (χ0n) is 6.91. The van der Waals surface area contributed by atoms with E-state index in [4.69, 9.17) is 51.1 Å². The summed E-state index contributed by atoms with van der Waals surface area (Å²) in [4.78, 5) is 11.0. The van der Waals surface area contributed by atoms with Crippen molar-refractivity contribution in [3.05, 3.63) is 26.7 Å². The number of methoxy groups -OCH3 is 1. The van der Waals surface area contributed by atoms with E-state index in [0.717, 1.165) is 0 Å². The third kappa shape index (κ3) is 2.09. The smallest absolute Gasteiger partial charge is 0.257 e. The average molecular weight is 274 g/mol. The number of hydrogen-bond acceptors (Lipinski definition) is 2. The predicted octanol–water partition coefficient (Wildman–Crippen LogP) is 4.03. The molecule has 76 valence electrons. The highest BCUT2D eigenvalue weighted by atomic mass is 35.5. The van der Waals surface area contributed by atoms with E-state index < -0.39 is 5.24 Å². The second kappa shape index (κ2) is 4.58. The zero-order valence-corrected chi connectivity index (χ0v) is 9.93. The van der Waals surface area contributed by atoms with Crippen LogP contribution in [-0.2, 0) is 0 Å². The third-order valence-electron chi connectivity index (χ3n) is 1.53. The monoisotopic (exact) mass is 272 g/mol. The van der Waals surface area contributed by atoms with Crippen molar-refractivity contribution in [2.45, 2.75) is 0 Å². The van der Waals surface area contributed by atoms with Crippen LogP contribution in [0.4, 0.5) is 0 Å². The van der Waals surface area contributed by atoms with Crippen LogP contribution in [0.3, 0.4) is 0 Å². The average Bonchev–Trinajstić information content (AvgIpc) is 2.10. The second-order valence-corrected chi connectivity index (χ2v) is 3.87. The van der Waals surface area contributed by atoms with Crippen molar-refractivity contribution in [3.63, 3.8) is 0 Å². The van der Waals surface area contributed by atoms with Crippen molar-refractivity contribution >= 4 is 51.6 Å². The molecular weight excluding hydrogens is 270 g/mol. The van der Waals surface area contributed by atoms with Gasteiger partial charge >= 0.3 is 0 Å². The molecule has 0 saturated heterocycles. The van der Waals surface area contributed by atoms with E-state index in [1.807, 2.05) is 0 Å². The number of halogens is 4. The Morgan fingerprint density at radius 3 is 2.29 bits per heavy atom. The highest BCUT2D eigenvalue weighted by Crippen LogP contribution is 2.39. The summed E-state index contributed by atoms with van der Waals surface area (Å²) >= 11 is 22.6. The molecule has 0 aliphatic carbocycles. The molecule has 0 bridgehead atoms. The molecule has 0 radical (unpaired) electrons. The molecular formula is C8H4Cl4O2. The van der Waals surface area contributed by atoms with E-state index in [0.29, 0.717) is 0 Å². The van der Waals surface area contributed by atoms with Gasteiger partial charge in [-0.05, 0) is 17.7 Å². The number of hydrogen-bond donors (Lipinski definition) is 0. The summed E-state index contributed by atoms with van der Waals surface area (Å²) in [6, 6.07) is 1.38. The minimum atomic E-state index is -0.767. The van der Waals surface area contributed by atoms with Gasteiger partial charge in [0.15, 0.2) is 5.75 Å². The molecule has 0 aliphatic heterocycles. The molecule has 0 unspecified atom stereocenters. The standard InChI is InChI=1S/C8H4Cl4O2/c1-14-7-4(10)2-3(9)6(11)5(7)8(12)13/h2H,1H3. The first kappa shape index (κ1) is 11.9. The van der Waals surface area contributed by atoms with Crippen LogP contribution >= 0.6 is 46.4 Å². The quantitative estimate of drug-likeness (QED) is 0.601. The van der Waals surface area contributed by atoms with Gasteiger partial charge in [-0.3, -0.25) is 4.79 Å². The molecule has 1 aromatic carbocycles. The Labute approximate surface area is 101 Å². The van der Waals surface area contributed by atoms with Gasteiger partial charge in [0.05, 0.1) is 27.7 Å². The lowest BCUT2D eigenvalue weighted by Gasteiger charge is -2.09. The van der Waals surface area contributed by atoms with Gasteiger partial charge in [-0.1, -0.05) is 34.8 Å². The highest BCUT2D eigenvalue weighted by molar-refractivity contribution is 6.69. The molecule has 0 aliphatic rings. The molecule has 0 N–H and O–H groups in total. The Morgan fingerprint density at radius 2 is 1.86 bits per heavy atom. The van der Waals surface area contributed by atoms with Crippen molar-refractivity contribution in [2.24, 2.45) is 0 Å². The summed E-state index contributed by atoms with van der Waals surface area (Å²) in [7, 11) is 1.36. The zero-order chi connectivity index (χ0) is 10.9. The van der Waals surface area contributed by atoms with E-state index in [-0.39, 0.29) is 26.4 Å². The van der Waals surface area contributed by atoms with Gasteiger partial charge in [0, 0.05) is 0 Å². The van der Waals surface area contributed by atoms with Crippen molar-refractivity contribution in [1.82, 2.24) is 0 Å². The third-order valence-corrected chi connectivity index (χ3v) is 2.78.